The van der Waals surface area contributed by atoms with Crippen LogP contribution in [0.1, 0.15) is 303 Å². The molecule has 0 fully saturated rings. The highest BCUT2D eigenvalue weighted by atomic mass is 16.6. The number of hydrogen-bond donors (Lipinski definition) is 0. The van der Waals surface area contributed by atoms with Crippen molar-refractivity contribution in [3.63, 3.8) is 0 Å². The molecule has 0 N–H and O–H groups in total. The van der Waals surface area contributed by atoms with Crippen LogP contribution in [-0.4, -0.2) is 37.2 Å². The number of hydrogen-bond acceptors (Lipinski definition) is 6. The van der Waals surface area contributed by atoms with Crippen LogP contribution in [0.3, 0.4) is 0 Å². The summed E-state index contributed by atoms with van der Waals surface area (Å²) in [6.07, 6.45) is 88.0. The fourth-order valence-corrected chi connectivity index (χ4v) is 8.88. The molecule has 0 amide bonds. The van der Waals surface area contributed by atoms with Crippen molar-refractivity contribution >= 4 is 17.9 Å². The highest BCUT2D eigenvalue weighted by Gasteiger charge is 2.19. The smallest absolute Gasteiger partial charge is 0.306 e. The lowest BCUT2D eigenvalue weighted by Gasteiger charge is -2.18. The molecule has 0 aromatic rings. The largest absolute Gasteiger partial charge is 0.462 e. The summed E-state index contributed by atoms with van der Waals surface area (Å²) in [5, 5.41) is 0. The van der Waals surface area contributed by atoms with Gasteiger partial charge in [-0.1, -0.05) is 265 Å². The monoisotopic (exact) mass is 1070 g/mol. The van der Waals surface area contributed by atoms with E-state index in [-0.39, 0.29) is 31.1 Å². The Morgan fingerprint density at radius 1 is 0.273 bits per heavy atom. The molecule has 0 aliphatic rings. The Kier molecular flexibility index (Phi) is 61.3. The first-order valence-corrected chi connectivity index (χ1v) is 32.4. The van der Waals surface area contributed by atoms with Crippen LogP contribution in [0.25, 0.3) is 0 Å². The molecule has 0 aliphatic carbocycles. The molecule has 6 nitrogen and oxygen atoms in total. The number of allylic oxidation sites excluding steroid dienone is 18. The molecule has 0 aromatic carbocycles. The van der Waals surface area contributed by atoms with Crippen molar-refractivity contribution in [1.82, 2.24) is 0 Å². The number of carbonyl (C=O) groups excluding carboxylic acids is 3. The number of rotatable bonds is 58. The van der Waals surface area contributed by atoms with Gasteiger partial charge in [0, 0.05) is 19.3 Å². The minimum Gasteiger partial charge on any atom is -0.462 e. The van der Waals surface area contributed by atoms with Gasteiger partial charge in [-0.3, -0.25) is 14.4 Å². The standard InChI is InChI=1S/C71H120O6/c1-4-7-10-13-16-19-22-25-28-31-34-35-36-37-38-41-43-46-49-52-55-58-61-64-70(73)76-67-68(77-71(74)65-62-59-56-53-50-47-44-40-33-30-27-24-21-18-15-12-9-6-3)66-75-69(72)63-60-57-54-51-48-45-42-39-32-29-26-23-20-17-14-11-8-5-2/h7,10,16,19,21,24-25,28-30,32-35,37-38,43,46,68H,4-6,8-9,11-15,17-18,20,22-23,26-27,31,36,39-42,44-45,47-67H2,1-3H3/b10-7-,19-16-,24-21-,28-25-,32-29-,33-30-,35-34-,38-37-,46-43-. The summed E-state index contributed by atoms with van der Waals surface area (Å²) < 4.78 is 16.9. The lowest BCUT2D eigenvalue weighted by molar-refractivity contribution is -0.167. The maximum atomic E-state index is 12.9. The van der Waals surface area contributed by atoms with E-state index in [0.29, 0.717) is 19.3 Å². The van der Waals surface area contributed by atoms with Crippen molar-refractivity contribution in [2.24, 2.45) is 0 Å². The minimum atomic E-state index is -0.799. The molecule has 0 saturated heterocycles. The van der Waals surface area contributed by atoms with Crippen LogP contribution in [0, 0.1) is 0 Å². The van der Waals surface area contributed by atoms with E-state index in [0.717, 1.165) is 122 Å². The quantitative estimate of drug-likeness (QED) is 0.0261. The lowest BCUT2D eigenvalue weighted by Crippen LogP contribution is -2.30. The van der Waals surface area contributed by atoms with Gasteiger partial charge >= 0.3 is 17.9 Å². The van der Waals surface area contributed by atoms with Gasteiger partial charge in [0.15, 0.2) is 6.10 Å². The Balaban J connectivity index is 4.46. The van der Waals surface area contributed by atoms with Gasteiger partial charge in [0.2, 0.25) is 0 Å². The normalized spacial score (nSPS) is 12.8. The molecule has 0 heterocycles. The summed E-state index contributed by atoms with van der Waals surface area (Å²) in [5.41, 5.74) is 0. The summed E-state index contributed by atoms with van der Waals surface area (Å²) in [6, 6.07) is 0. The van der Waals surface area contributed by atoms with Crippen molar-refractivity contribution < 1.29 is 28.6 Å². The second kappa shape index (κ2) is 64.6. The summed E-state index contributed by atoms with van der Waals surface area (Å²) in [6.45, 7) is 6.50. The van der Waals surface area contributed by atoms with E-state index in [2.05, 4.69) is 130 Å². The Morgan fingerprint density at radius 3 is 0.818 bits per heavy atom. The van der Waals surface area contributed by atoms with E-state index in [4.69, 9.17) is 14.2 Å². The van der Waals surface area contributed by atoms with Gasteiger partial charge in [-0.05, 0) is 128 Å². The van der Waals surface area contributed by atoms with Crippen LogP contribution in [0.5, 0.6) is 0 Å². The van der Waals surface area contributed by atoms with Crippen molar-refractivity contribution in [3.8, 4) is 0 Å². The fraction of sp³-hybridized carbons (Fsp3) is 0.704. The number of ether oxygens (including phenoxy) is 3. The van der Waals surface area contributed by atoms with Gasteiger partial charge in [0.1, 0.15) is 13.2 Å². The molecule has 0 aromatic heterocycles. The number of unbranched alkanes of at least 4 members (excludes halogenated alkanes) is 29. The first-order valence-electron chi connectivity index (χ1n) is 32.4. The SMILES string of the molecule is CC/C=C\C/C=C\C/C=C\C/C=C\C/C=C\C/C=C\CCCCCCC(=O)OCC(COC(=O)CCCCCCCCC/C=C\CCCCCCCCC)OC(=O)CCCCCCCCC/C=C\C/C=C\CCCCCC. The predicted octanol–water partition coefficient (Wildman–Crippen LogP) is 22.2. The van der Waals surface area contributed by atoms with Crippen molar-refractivity contribution in [2.45, 2.75) is 309 Å². The van der Waals surface area contributed by atoms with Crippen molar-refractivity contribution in [3.05, 3.63) is 109 Å². The minimum absolute atomic E-state index is 0.0923. The highest BCUT2D eigenvalue weighted by molar-refractivity contribution is 5.71. The Labute approximate surface area is 476 Å². The van der Waals surface area contributed by atoms with Crippen LogP contribution >= 0.6 is 0 Å². The molecule has 1 unspecified atom stereocenters. The van der Waals surface area contributed by atoms with Gasteiger partial charge < -0.3 is 14.2 Å². The van der Waals surface area contributed by atoms with E-state index < -0.39 is 6.10 Å². The van der Waals surface area contributed by atoms with Crippen LogP contribution in [-0.2, 0) is 28.6 Å². The van der Waals surface area contributed by atoms with E-state index in [1.54, 1.807) is 0 Å². The highest BCUT2D eigenvalue weighted by Crippen LogP contribution is 2.15. The maximum absolute atomic E-state index is 12.9. The third-order valence-electron chi connectivity index (χ3n) is 13.7. The topological polar surface area (TPSA) is 78.9 Å². The van der Waals surface area contributed by atoms with Gasteiger partial charge in [-0.2, -0.15) is 0 Å². The molecule has 6 heteroatoms. The zero-order valence-electron chi connectivity index (χ0n) is 50.4. The molecule has 0 saturated carbocycles. The maximum Gasteiger partial charge on any atom is 0.306 e. The van der Waals surface area contributed by atoms with Gasteiger partial charge in [-0.15, -0.1) is 0 Å². The lowest BCUT2D eigenvalue weighted by atomic mass is 10.1. The zero-order chi connectivity index (χ0) is 55.7. The average molecular weight is 1070 g/mol. The molecule has 1 atom stereocenters. The Morgan fingerprint density at radius 2 is 0.506 bits per heavy atom. The zero-order valence-corrected chi connectivity index (χ0v) is 50.4. The van der Waals surface area contributed by atoms with Gasteiger partial charge in [0.25, 0.3) is 0 Å². The summed E-state index contributed by atoms with van der Waals surface area (Å²) in [5.74, 6) is -0.922. The van der Waals surface area contributed by atoms with Gasteiger partial charge in [-0.25, -0.2) is 0 Å². The molecule has 0 spiro atoms. The molecule has 440 valence electrons. The Bertz CT molecular complexity index is 1560. The van der Waals surface area contributed by atoms with E-state index in [9.17, 15) is 14.4 Å². The summed E-state index contributed by atoms with van der Waals surface area (Å²) in [4.78, 5) is 38.4. The second-order valence-electron chi connectivity index (χ2n) is 21.3. The molecular formula is C71H120O6. The molecule has 77 heavy (non-hydrogen) atoms. The van der Waals surface area contributed by atoms with Crippen molar-refractivity contribution in [2.75, 3.05) is 13.2 Å². The third kappa shape index (κ3) is 62.8. The first kappa shape index (κ1) is 73.1. The molecule has 0 aliphatic heterocycles. The third-order valence-corrected chi connectivity index (χ3v) is 13.7. The first-order chi connectivity index (χ1) is 38.0. The van der Waals surface area contributed by atoms with Crippen molar-refractivity contribution in [1.29, 1.82) is 0 Å². The molecule has 0 bridgehead atoms. The second-order valence-corrected chi connectivity index (χ2v) is 21.3. The average Bonchev–Trinajstić information content (AvgIpc) is 3.43. The number of esters is 3. The number of carbonyl (C=O) groups is 3. The van der Waals surface area contributed by atoms with Crippen LogP contribution in [0.2, 0.25) is 0 Å². The van der Waals surface area contributed by atoms with Crippen LogP contribution < -0.4 is 0 Å². The van der Waals surface area contributed by atoms with E-state index >= 15 is 0 Å². The van der Waals surface area contributed by atoms with Crippen LogP contribution in [0.15, 0.2) is 109 Å². The van der Waals surface area contributed by atoms with Crippen LogP contribution in [0.4, 0.5) is 0 Å². The van der Waals surface area contributed by atoms with E-state index in [1.165, 1.54) is 141 Å². The molecular weight excluding hydrogens is 949 g/mol. The van der Waals surface area contributed by atoms with Gasteiger partial charge in [0.05, 0.1) is 0 Å². The fourth-order valence-electron chi connectivity index (χ4n) is 8.88. The molecule has 0 radical (unpaired) electrons. The van der Waals surface area contributed by atoms with E-state index in [1.807, 2.05) is 0 Å². The predicted molar refractivity (Wildman–Crippen MR) is 334 cm³/mol. The Hall–Kier alpha value is -3.93. The molecule has 0 rings (SSSR count). The summed E-state index contributed by atoms with van der Waals surface area (Å²) >= 11 is 0. The summed E-state index contributed by atoms with van der Waals surface area (Å²) in [7, 11) is 0.